The average molecular weight is 426 g/mol. The Balaban J connectivity index is 2.13. The number of benzene rings is 1. The van der Waals surface area contributed by atoms with E-state index in [1.807, 2.05) is 0 Å². The monoisotopic (exact) mass is 425 g/mol. The molecule has 9 heteroatoms. The van der Waals surface area contributed by atoms with Gasteiger partial charge in [0.15, 0.2) is 4.21 Å². The summed E-state index contributed by atoms with van der Waals surface area (Å²) in [6.45, 7) is 0. The van der Waals surface area contributed by atoms with Gasteiger partial charge in [-0.1, -0.05) is 11.6 Å². The van der Waals surface area contributed by atoms with Crippen molar-refractivity contribution in [1.29, 1.82) is 0 Å². The number of allylic oxidation sites excluding steroid dienone is 2. The molecule has 150 valence electrons. The van der Waals surface area contributed by atoms with Gasteiger partial charge in [-0.25, -0.2) is 12.4 Å². The normalized spacial score (nSPS) is 19.5. The van der Waals surface area contributed by atoms with Crippen LogP contribution in [0.1, 0.15) is 18.4 Å². The number of carbonyl (C=O) groups is 1. The first-order chi connectivity index (χ1) is 13.2. The van der Waals surface area contributed by atoms with E-state index in [2.05, 4.69) is 0 Å². The van der Waals surface area contributed by atoms with Crippen molar-refractivity contribution >= 4 is 38.5 Å². The highest BCUT2D eigenvalue weighted by atomic mass is 35.5. The van der Waals surface area contributed by atoms with Crippen LogP contribution in [0.2, 0.25) is 0 Å². The molecule has 1 aliphatic carbocycles. The molecule has 0 spiro atoms. The van der Waals surface area contributed by atoms with Crippen molar-refractivity contribution in [3.05, 3.63) is 53.9 Å². The van der Waals surface area contributed by atoms with Crippen LogP contribution in [-0.4, -0.2) is 41.9 Å². The summed E-state index contributed by atoms with van der Waals surface area (Å²) < 4.78 is 36.5. The smallest absolute Gasteiger partial charge is 0.303 e. The van der Waals surface area contributed by atoms with Gasteiger partial charge in [0.05, 0.1) is 19.7 Å². The van der Waals surface area contributed by atoms with Crippen molar-refractivity contribution in [2.24, 2.45) is 0 Å². The fraction of sp³-hybridized carbons (Fsp3) is 0.316. The van der Waals surface area contributed by atoms with Gasteiger partial charge in [0.1, 0.15) is 11.5 Å². The summed E-state index contributed by atoms with van der Waals surface area (Å²) >= 11 is 6.50. The molecule has 0 saturated carbocycles. The Hall–Kier alpha value is -2.45. The van der Waals surface area contributed by atoms with E-state index in [1.165, 1.54) is 32.6 Å². The Labute approximate surface area is 167 Å². The maximum Gasteiger partial charge on any atom is 0.303 e. The van der Waals surface area contributed by atoms with Crippen molar-refractivity contribution in [1.82, 2.24) is 3.97 Å². The van der Waals surface area contributed by atoms with Gasteiger partial charge in [-0.2, -0.15) is 0 Å². The second kappa shape index (κ2) is 7.52. The number of aryl methyl sites for hydroxylation is 1. The van der Waals surface area contributed by atoms with Gasteiger partial charge in [-0.05, 0) is 48.4 Å². The van der Waals surface area contributed by atoms with Crippen molar-refractivity contribution in [2.75, 3.05) is 14.2 Å². The summed E-state index contributed by atoms with van der Waals surface area (Å²) in [7, 11) is -1.05. The Morgan fingerprint density at radius 1 is 1.32 bits per heavy atom. The van der Waals surface area contributed by atoms with Crippen LogP contribution in [0.3, 0.4) is 0 Å². The number of aliphatic carboxylic acids is 1. The predicted molar refractivity (Wildman–Crippen MR) is 106 cm³/mol. The van der Waals surface area contributed by atoms with Crippen LogP contribution in [0, 0.1) is 0 Å². The molecule has 1 aromatic heterocycles. The minimum absolute atomic E-state index is 0.0385. The molecule has 1 atom stereocenters. The van der Waals surface area contributed by atoms with Gasteiger partial charge in [0, 0.05) is 24.4 Å². The molecule has 1 heterocycles. The molecule has 1 aromatic carbocycles. The highest BCUT2D eigenvalue weighted by Crippen LogP contribution is 2.38. The van der Waals surface area contributed by atoms with E-state index in [9.17, 15) is 13.2 Å². The molecule has 0 radical (unpaired) electrons. The number of hydrogen-bond acceptors (Lipinski definition) is 5. The SMILES string of the molecule is COC1=CCC(Cl)(S(=O)(=O)n2cc(CCC(=O)O)c3cc(OC)ccc32)C=C1. The number of halogens is 1. The van der Waals surface area contributed by atoms with Gasteiger partial charge in [-0.3, -0.25) is 4.79 Å². The van der Waals surface area contributed by atoms with E-state index in [4.69, 9.17) is 26.2 Å². The Bertz CT molecular complexity index is 1090. The molecule has 0 bridgehead atoms. The standard InChI is InChI=1S/C19H20ClNO6S/c1-26-14-7-9-19(20,10-8-14)28(24,25)21-12-13(3-6-18(22)23)16-11-15(27-2)4-5-17(16)21/h4-5,7-9,11-12H,3,6,10H2,1-2H3,(H,22,23). The predicted octanol–water partition coefficient (Wildman–Crippen LogP) is 3.27. The third-order valence-corrected chi connectivity index (χ3v) is 7.52. The zero-order valence-electron chi connectivity index (χ0n) is 15.4. The van der Waals surface area contributed by atoms with E-state index in [-0.39, 0.29) is 19.3 Å². The van der Waals surface area contributed by atoms with Crippen molar-refractivity contribution in [2.45, 2.75) is 23.5 Å². The van der Waals surface area contributed by atoms with Gasteiger partial charge in [0.25, 0.3) is 10.0 Å². The zero-order chi connectivity index (χ0) is 20.5. The molecule has 1 unspecified atom stereocenters. The molecule has 0 amide bonds. The topological polar surface area (TPSA) is 94.8 Å². The molecule has 7 nitrogen and oxygen atoms in total. The molecule has 0 saturated heterocycles. The molecule has 28 heavy (non-hydrogen) atoms. The Morgan fingerprint density at radius 3 is 2.64 bits per heavy atom. The van der Waals surface area contributed by atoms with Crippen molar-refractivity contribution in [3.63, 3.8) is 0 Å². The molecule has 0 fully saturated rings. The zero-order valence-corrected chi connectivity index (χ0v) is 17.0. The molecule has 1 aliphatic rings. The van der Waals surface area contributed by atoms with Gasteiger partial charge in [0.2, 0.25) is 0 Å². The number of rotatable bonds is 7. The lowest BCUT2D eigenvalue weighted by Crippen LogP contribution is -2.35. The summed E-state index contributed by atoms with van der Waals surface area (Å²) in [5.74, 6) is 0.119. The van der Waals surface area contributed by atoms with Crippen LogP contribution in [0.25, 0.3) is 10.9 Å². The maximum atomic E-state index is 13.4. The lowest BCUT2D eigenvalue weighted by atomic mass is 10.1. The number of hydrogen-bond donors (Lipinski definition) is 1. The first-order valence-corrected chi connectivity index (χ1v) is 10.3. The highest BCUT2D eigenvalue weighted by Gasteiger charge is 2.42. The van der Waals surface area contributed by atoms with Crippen molar-refractivity contribution in [3.8, 4) is 5.75 Å². The molecule has 3 rings (SSSR count). The minimum Gasteiger partial charge on any atom is -0.497 e. The van der Waals surface area contributed by atoms with Crippen molar-refractivity contribution < 1.29 is 27.8 Å². The first-order valence-electron chi connectivity index (χ1n) is 8.49. The fourth-order valence-electron chi connectivity index (χ4n) is 3.10. The second-order valence-corrected chi connectivity index (χ2v) is 9.34. The first kappa shape index (κ1) is 20.3. The largest absolute Gasteiger partial charge is 0.497 e. The third kappa shape index (κ3) is 3.49. The van der Waals surface area contributed by atoms with E-state index in [1.54, 1.807) is 24.3 Å². The number of ether oxygens (including phenoxy) is 2. The van der Waals surface area contributed by atoms with Crippen LogP contribution in [-0.2, 0) is 26.0 Å². The number of aromatic nitrogens is 1. The summed E-state index contributed by atoms with van der Waals surface area (Å²) in [6.07, 6.45) is 6.07. The van der Waals surface area contributed by atoms with Gasteiger partial charge >= 0.3 is 5.97 Å². The van der Waals surface area contributed by atoms with Crippen LogP contribution in [0.5, 0.6) is 5.75 Å². The number of carboxylic acids is 1. The number of fused-ring (bicyclic) bond motifs is 1. The molecule has 1 N–H and O–H groups in total. The Morgan fingerprint density at radius 2 is 2.07 bits per heavy atom. The maximum absolute atomic E-state index is 13.4. The highest BCUT2D eigenvalue weighted by molar-refractivity contribution is 7.93. The number of carboxylic acid groups (broad SMARTS) is 1. The van der Waals surface area contributed by atoms with Crippen LogP contribution >= 0.6 is 11.6 Å². The van der Waals surface area contributed by atoms with E-state index < -0.39 is 20.2 Å². The Kier molecular flexibility index (Phi) is 5.45. The average Bonchev–Trinajstić information content (AvgIpc) is 3.05. The molecule has 0 aliphatic heterocycles. The quantitative estimate of drug-likeness (QED) is 0.684. The number of alkyl halides is 1. The third-order valence-electron chi connectivity index (χ3n) is 4.67. The summed E-state index contributed by atoms with van der Waals surface area (Å²) in [5, 5.41) is 9.62. The van der Waals surface area contributed by atoms with Crippen LogP contribution in [0.15, 0.2) is 48.4 Å². The van der Waals surface area contributed by atoms with E-state index >= 15 is 0 Å². The minimum atomic E-state index is -4.05. The van der Waals surface area contributed by atoms with Gasteiger partial charge < -0.3 is 14.6 Å². The van der Waals surface area contributed by atoms with E-state index in [0.717, 1.165) is 3.97 Å². The number of methoxy groups -OCH3 is 2. The lowest BCUT2D eigenvalue weighted by Gasteiger charge is -2.26. The summed E-state index contributed by atoms with van der Waals surface area (Å²) in [6, 6.07) is 4.97. The van der Waals surface area contributed by atoms with Gasteiger partial charge in [-0.15, -0.1) is 0 Å². The lowest BCUT2D eigenvalue weighted by molar-refractivity contribution is -0.136. The van der Waals surface area contributed by atoms with E-state index in [0.29, 0.717) is 28.0 Å². The fourth-order valence-corrected chi connectivity index (χ4v) is 5.01. The molecular weight excluding hydrogens is 406 g/mol. The van der Waals surface area contributed by atoms with Crippen LogP contribution < -0.4 is 4.74 Å². The second-order valence-electron chi connectivity index (χ2n) is 6.37. The summed E-state index contributed by atoms with van der Waals surface area (Å²) in [5.41, 5.74) is 1.00. The van der Waals surface area contributed by atoms with Crippen LogP contribution in [0.4, 0.5) is 0 Å². The molecular formula is C19H20ClNO6S. The molecule has 2 aromatic rings. The summed E-state index contributed by atoms with van der Waals surface area (Å²) in [4.78, 5) is 11.0. The number of nitrogens with zero attached hydrogens (tertiary/aromatic N) is 1.